The first-order valence-corrected chi connectivity index (χ1v) is 10.6. The summed E-state index contributed by atoms with van der Waals surface area (Å²) in [4.78, 5) is 37.0. The zero-order chi connectivity index (χ0) is 21.8. The molecule has 2 amide bonds. The van der Waals surface area contributed by atoms with Gasteiger partial charge in [-0.25, -0.2) is 4.79 Å². The third-order valence-corrected chi connectivity index (χ3v) is 6.13. The Morgan fingerprint density at radius 1 is 1.03 bits per heavy atom. The molecule has 2 aromatic rings. The van der Waals surface area contributed by atoms with E-state index in [0.29, 0.717) is 19.5 Å². The number of carbonyl (C=O) groups is 3. The first-order valence-electron chi connectivity index (χ1n) is 10.6. The Bertz CT molecular complexity index is 944. The maximum atomic E-state index is 12.4. The Kier molecular flexibility index (Phi) is 6.21. The second kappa shape index (κ2) is 9.20. The van der Waals surface area contributed by atoms with Crippen LogP contribution in [0.15, 0.2) is 48.5 Å². The second-order valence-corrected chi connectivity index (χ2v) is 8.11. The first-order chi connectivity index (χ1) is 15.0. The maximum absolute atomic E-state index is 12.4. The molecule has 2 N–H and O–H groups in total. The van der Waals surface area contributed by atoms with Gasteiger partial charge in [-0.15, -0.1) is 0 Å². The summed E-state index contributed by atoms with van der Waals surface area (Å²) in [6, 6.07) is 16.2. The van der Waals surface area contributed by atoms with Crippen molar-refractivity contribution in [3.05, 3.63) is 59.7 Å². The zero-order valence-electron chi connectivity index (χ0n) is 17.3. The van der Waals surface area contributed by atoms with Gasteiger partial charge in [0.2, 0.25) is 5.91 Å². The molecule has 7 nitrogen and oxygen atoms in total. The minimum Gasteiger partial charge on any atom is -0.481 e. The molecule has 2 aromatic carbocycles. The molecule has 0 spiro atoms. The first kappa shape index (κ1) is 20.9. The topological polar surface area (TPSA) is 95.9 Å². The van der Waals surface area contributed by atoms with Crippen LogP contribution >= 0.6 is 0 Å². The predicted molar refractivity (Wildman–Crippen MR) is 115 cm³/mol. The number of carboxylic acid groups (broad SMARTS) is 1. The van der Waals surface area contributed by atoms with Gasteiger partial charge >= 0.3 is 12.1 Å². The molecule has 1 heterocycles. The number of carbonyl (C=O) groups excluding carboxylic acids is 2. The number of amides is 2. The van der Waals surface area contributed by atoms with Crippen molar-refractivity contribution in [1.29, 1.82) is 0 Å². The van der Waals surface area contributed by atoms with Gasteiger partial charge in [-0.05, 0) is 41.0 Å². The molecule has 0 radical (unpaired) electrons. The number of likely N-dealkylation sites (tertiary alicyclic amines) is 1. The highest BCUT2D eigenvalue weighted by atomic mass is 16.5. The second-order valence-electron chi connectivity index (χ2n) is 8.11. The van der Waals surface area contributed by atoms with Gasteiger partial charge in [0.25, 0.3) is 0 Å². The van der Waals surface area contributed by atoms with Crippen LogP contribution in [0.4, 0.5) is 4.79 Å². The summed E-state index contributed by atoms with van der Waals surface area (Å²) >= 11 is 0. The molecule has 1 aliphatic heterocycles. The summed E-state index contributed by atoms with van der Waals surface area (Å²) in [6.45, 7) is 1.21. The van der Waals surface area contributed by atoms with Crippen LogP contribution in [-0.4, -0.2) is 54.2 Å². The highest BCUT2D eigenvalue weighted by molar-refractivity contribution is 5.83. The highest BCUT2D eigenvalue weighted by Crippen LogP contribution is 2.44. The van der Waals surface area contributed by atoms with Crippen LogP contribution in [0.3, 0.4) is 0 Å². The SMILES string of the molecule is O=C(O)CCC1CCN(C(=O)CNC(=O)OCC2c3ccccc3-c3ccccc32)C1. The number of rotatable bonds is 7. The van der Waals surface area contributed by atoms with Crippen LogP contribution in [0.25, 0.3) is 11.1 Å². The van der Waals surface area contributed by atoms with E-state index in [1.54, 1.807) is 4.90 Å². The minimum absolute atomic E-state index is 0.0255. The normalized spacial score (nSPS) is 17.2. The standard InChI is InChI=1S/C24H26N2O5/c27-22(26-12-11-16(14-26)9-10-23(28)29)13-25-24(30)31-15-21-19-7-3-1-5-17(19)18-6-2-4-8-20(18)21/h1-8,16,21H,9-15H2,(H,25,30)(H,28,29). The van der Waals surface area contributed by atoms with Crippen LogP contribution in [0, 0.1) is 5.92 Å². The number of aliphatic carboxylic acids is 1. The van der Waals surface area contributed by atoms with E-state index in [4.69, 9.17) is 9.84 Å². The van der Waals surface area contributed by atoms with Gasteiger partial charge < -0.3 is 20.1 Å². The van der Waals surface area contributed by atoms with Gasteiger partial charge in [0.05, 0.1) is 0 Å². The number of ether oxygens (including phenoxy) is 1. The molecule has 1 fully saturated rings. The number of hydrogen-bond donors (Lipinski definition) is 2. The molecule has 1 unspecified atom stereocenters. The van der Waals surface area contributed by atoms with Crippen LogP contribution in [0.1, 0.15) is 36.3 Å². The van der Waals surface area contributed by atoms with Crippen molar-refractivity contribution in [2.45, 2.75) is 25.2 Å². The average Bonchev–Trinajstić information content (AvgIpc) is 3.38. The van der Waals surface area contributed by atoms with Gasteiger partial charge in [0.1, 0.15) is 13.2 Å². The van der Waals surface area contributed by atoms with E-state index in [9.17, 15) is 14.4 Å². The molecule has 1 saturated heterocycles. The number of fused-ring (bicyclic) bond motifs is 3. The Morgan fingerprint density at radius 3 is 2.32 bits per heavy atom. The highest BCUT2D eigenvalue weighted by Gasteiger charge is 2.29. The summed E-state index contributed by atoms with van der Waals surface area (Å²) in [6.07, 6.45) is 0.866. The fourth-order valence-electron chi connectivity index (χ4n) is 4.53. The smallest absolute Gasteiger partial charge is 0.407 e. The Balaban J connectivity index is 1.26. The molecular weight excluding hydrogens is 396 g/mol. The van der Waals surface area contributed by atoms with Crippen LogP contribution < -0.4 is 5.32 Å². The number of hydrogen-bond acceptors (Lipinski definition) is 4. The van der Waals surface area contributed by atoms with Gasteiger partial charge in [0.15, 0.2) is 0 Å². The molecule has 0 aromatic heterocycles. The fraction of sp³-hybridized carbons (Fsp3) is 0.375. The lowest BCUT2D eigenvalue weighted by Gasteiger charge is -2.17. The lowest BCUT2D eigenvalue weighted by Crippen LogP contribution is -2.39. The molecule has 1 atom stereocenters. The number of nitrogens with one attached hydrogen (secondary N) is 1. The van der Waals surface area contributed by atoms with Gasteiger partial charge in [-0.3, -0.25) is 9.59 Å². The lowest BCUT2D eigenvalue weighted by molar-refractivity contribution is -0.137. The van der Waals surface area contributed by atoms with Gasteiger partial charge in [-0.1, -0.05) is 48.5 Å². The van der Waals surface area contributed by atoms with Crippen LogP contribution in [0.5, 0.6) is 0 Å². The van der Waals surface area contributed by atoms with Crippen molar-refractivity contribution in [3.8, 4) is 11.1 Å². The quantitative estimate of drug-likeness (QED) is 0.714. The largest absolute Gasteiger partial charge is 0.481 e. The van der Waals surface area contributed by atoms with E-state index in [-0.39, 0.29) is 37.3 Å². The Labute approximate surface area is 181 Å². The monoisotopic (exact) mass is 422 g/mol. The third kappa shape index (κ3) is 4.71. The van der Waals surface area contributed by atoms with Crippen molar-refractivity contribution in [2.75, 3.05) is 26.2 Å². The van der Waals surface area contributed by atoms with E-state index in [0.717, 1.165) is 28.7 Å². The summed E-state index contributed by atoms with van der Waals surface area (Å²) < 4.78 is 5.45. The number of benzene rings is 2. The number of nitrogens with zero attached hydrogens (tertiary/aromatic N) is 1. The zero-order valence-corrected chi connectivity index (χ0v) is 17.3. The molecule has 1 aliphatic carbocycles. The number of carboxylic acids is 1. The molecule has 4 rings (SSSR count). The van der Waals surface area contributed by atoms with Crippen molar-refractivity contribution < 1.29 is 24.2 Å². The average molecular weight is 422 g/mol. The molecular formula is C24H26N2O5. The van der Waals surface area contributed by atoms with E-state index in [1.165, 1.54) is 0 Å². The van der Waals surface area contributed by atoms with Crippen molar-refractivity contribution in [3.63, 3.8) is 0 Å². The lowest BCUT2D eigenvalue weighted by atomic mass is 9.98. The van der Waals surface area contributed by atoms with Crippen molar-refractivity contribution in [1.82, 2.24) is 10.2 Å². The third-order valence-electron chi connectivity index (χ3n) is 6.13. The van der Waals surface area contributed by atoms with E-state index in [1.807, 2.05) is 24.3 Å². The van der Waals surface area contributed by atoms with Crippen LogP contribution in [-0.2, 0) is 14.3 Å². The van der Waals surface area contributed by atoms with Gasteiger partial charge in [0, 0.05) is 25.4 Å². The maximum Gasteiger partial charge on any atom is 0.407 e. The van der Waals surface area contributed by atoms with Crippen LogP contribution in [0.2, 0.25) is 0 Å². The molecule has 7 heteroatoms. The summed E-state index contributed by atoms with van der Waals surface area (Å²) in [5.74, 6) is -0.815. The van der Waals surface area contributed by atoms with E-state index >= 15 is 0 Å². The van der Waals surface area contributed by atoms with Crippen molar-refractivity contribution >= 4 is 18.0 Å². The Morgan fingerprint density at radius 2 is 1.68 bits per heavy atom. The molecule has 0 saturated carbocycles. The minimum atomic E-state index is -0.818. The molecule has 2 aliphatic rings. The van der Waals surface area contributed by atoms with E-state index < -0.39 is 12.1 Å². The van der Waals surface area contributed by atoms with E-state index in [2.05, 4.69) is 29.6 Å². The molecule has 162 valence electrons. The fourth-order valence-corrected chi connectivity index (χ4v) is 4.53. The summed E-state index contributed by atoms with van der Waals surface area (Å²) in [5.41, 5.74) is 4.59. The molecule has 31 heavy (non-hydrogen) atoms. The predicted octanol–water partition coefficient (Wildman–Crippen LogP) is 3.24. The summed E-state index contributed by atoms with van der Waals surface area (Å²) in [5, 5.41) is 11.3. The van der Waals surface area contributed by atoms with Gasteiger partial charge in [-0.2, -0.15) is 0 Å². The number of alkyl carbamates (subject to hydrolysis) is 1. The molecule has 0 bridgehead atoms. The van der Waals surface area contributed by atoms with Crippen molar-refractivity contribution in [2.24, 2.45) is 5.92 Å². The summed E-state index contributed by atoms with van der Waals surface area (Å²) in [7, 11) is 0. The Hall–Kier alpha value is -3.35.